The molecule has 0 unspecified atom stereocenters. The molecule has 3 aromatic rings. The second kappa shape index (κ2) is 5.32. The first-order valence-electron chi connectivity index (χ1n) is 8.03. The van der Waals surface area contributed by atoms with Crippen LogP contribution in [-0.2, 0) is 4.79 Å². The van der Waals surface area contributed by atoms with Crippen molar-refractivity contribution in [3.05, 3.63) is 58.5 Å². The average Bonchev–Trinajstić information content (AvgIpc) is 3.31. The molecule has 1 amide bonds. The summed E-state index contributed by atoms with van der Waals surface area (Å²) in [7, 11) is 0. The highest BCUT2D eigenvalue weighted by atomic mass is 32.2. The lowest BCUT2D eigenvalue weighted by atomic mass is 9.86. The number of rotatable bonds is 2. The molecule has 0 radical (unpaired) electrons. The maximum absolute atomic E-state index is 13.1. The van der Waals surface area contributed by atoms with Gasteiger partial charge in [0.25, 0.3) is 5.91 Å². The normalized spacial score (nSPS) is 15.2. The molecule has 6 heteroatoms. The standard InChI is InChI=1S/C19H13N3O2S/c23-18-11-5-2-1-4-10(11)17-15-13(21-22-17)8-7-12(16(15)18)20-19(24)14-6-3-9-25-14/h1-2,4-8H,3,9H2,(H,20,24)(H,21,22). The number of amides is 1. The van der Waals surface area contributed by atoms with Gasteiger partial charge in [-0.25, -0.2) is 0 Å². The van der Waals surface area contributed by atoms with Crippen LogP contribution in [0, 0.1) is 0 Å². The van der Waals surface area contributed by atoms with Crippen LogP contribution < -0.4 is 5.32 Å². The molecule has 0 fully saturated rings. The zero-order valence-corrected chi connectivity index (χ0v) is 13.9. The van der Waals surface area contributed by atoms with Gasteiger partial charge in [-0.1, -0.05) is 30.3 Å². The molecule has 0 atom stereocenters. The van der Waals surface area contributed by atoms with Crippen LogP contribution in [-0.4, -0.2) is 27.6 Å². The summed E-state index contributed by atoms with van der Waals surface area (Å²) in [5, 5.41) is 11.1. The van der Waals surface area contributed by atoms with E-state index in [1.54, 1.807) is 23.9 Å². The summed E-state index contributed by atoms with van der Waals surface area (Å²) >= 11 is 1.54. The van der Waals surface area contributed by atoms with Gasteiger partial charge in [-0.3, -0.25) is 14.7 Å². The van der Waals surface area contributed by atoms with E-state index in [0.29, 0.717) is 21.7 Å². The molecule has 0 saturated carbocycles. The summed E-state index contributed by atoms with van der Waals surface area (Å²) in [6.45, 7) is 0. The third-order valence-electron chi connectivity index (χ3n) is 4.56. The molecule has 0 spiro atoms. The summed E-state index contributed by atoms with van der Waals surface area (Å²) in [4.78, 5) is 26.3. The highest BCUT2D eigenvalue weighted by Gasteiger charge is 2.30. The number of nitrogens with zero attached hydrogens (tertiary/aromatic N) is 1. The Hall–Kier alpha value is -2.86. The molecule has 1 aromatic heterocycles. The molecule has 0 saturated heterocycles. The number of aromatic nitrogens is 2. The quantitative estimate of drug-likeness (QED) is 0.579. The molecule has 2 heterocycles. The predicted octanol–water partition coefficient (Wildman–Crippen LogP) is 3.73. The topological polar surface area (TPSA) is 74.8 Å². The lowest BCUT2D eigenvalue weighted by Crippen LogP contribution is -2.17. The number of benzene rings is 2. The number of thioether (sulfide) groups is 1. The minimum Gasteiger partial charge on any atom is -0.321 e. The van der Waals surface area contributed by atoms with Gasteiger partial charge >= 0.3 is 0 Å². The van der Waals surface area contributed by atoms with E-state index in [2.05, 4.69) is 15.5 Å². The van der Waals surface area contributed by atoms with Gasteiger partial charge in [0.1, 0.15) is 5.69 Å². The van der Waals surface area contributed by atoms with E-state index in [1.807, 2.05) is 30.3 Å². The van der Waals surface area contributed by atoms with Gasteiger partial charge in [0, 0.05) is 22.3 Å². The number of aromatic amines is 1. The van der Waals surface area contributed by atoms with Crippen LogP contribution in [0.2, 0.25) is 0 Å². The Balaban J connectivity index is 1.70. The van der Waals surface area contributed by atoms with Gasteiger partial charge in [0.05, 0.1) is 21.7 Å². The average molecular weight is 347 g/mol. The second-order valence-corrected chi connectivity index (χ2v) is 7.15. The number of hydrogen-bond acceptors (Lipinski definition) is 4. The van der Waals surface area contributed by atoms with Gasteiger partial charge in [0.2, 0.25) is 0 Å². The number of anilines is 1. The molecule has 1 aliphatic heterocycles. The van der Waals surface area contributed by atoms with E-state index in [9.17, 15) is 9.59 Å². The number of carbonyl (C=O) groups excluding carboxylic acids is 2. The first kappa shape index (κ1) is 14.5. The highest BCUT2D eigenvalue weighted by molar-refractivity contribution is 8.04. The Kier molecular flexibility index (Phi) is 3.08. The van der Waals surface area contributed by atoms with Gasteiger partial charge in [-0.15, -0.1) is 11.8 Å². The molecule has 0 bridgehead atoms. The molecular weight excluding hydrogens is 334 g/mol. The van der Waals surface area contributed by atoms with Crippen LogP contribution in [0.4, 0.5) is 5.69 Å². The zero-order chi connectivity index (χ0) is 17.0. The van der Waals surface area contributed by atoms with E-state index in [-0.39, 0.29) is 11.7 Å². The summed E-state index contributed by atoms with van der Waals surface area (Å²) in [5.41, 5.74) is 4.03. The van der Waals surface area contributed by atoms with Gasteiger partial charge in [0.15, 0.2) is 5.78 Å². The van der Waals surface area contributed by atoms with Crippen LogP contribution in [0.1, 0.15) is 22.3 Å². The van der Waals surface area contributed by atoms with E-state index in [0.717, 1.165) is 34.3 Å². The smallest absolute Gasteiger partial charge is 0.261 e. The largest absolute Gasteiger partial charge is 0.321 e. The molecule has 5 rings (SSSR count). The SMILES string of the molecule is O=C(Nc1ccc2[nH]nc3c2c1C(=O)c1ccccc1-3)C1=CCCS1. The van der Waals surface area contributed by atoms with Crippen molar-refractivity contribution in [2.75, 3.05) is 11.1 Å². The van der Waals surface area contributed by atoms with Crippen LogP contribution in [0.25, 0.3) is 22.2 Å². The summed E-state index contributed by atoms with van der Waals surface area (Å²) in [6.07, 6.45) is 2.84. The molecule has 2 N–H and O–H groups in total. The Labute approximate surface area is 147 Å². The molecule has 25 heavy (non-hydrogen) atoms. The van der Waals surface area contributed by atoms with E-state index in [1.165, 1.54) is 0 Å². The maximum atomic E-state index is 13.1. The van der Waals surface area contributed by atoms with E-state index in [4.69, 9.17) is 0 Å². The number of ketones is 1. The van der Waals surface area contributed by atoms with Gasteiger partial charge < -0.3 is 5.32 Å². The lowest BCUT2D eigenvalue weighted by Gasteiger charge is -2.18. The first-order valence-corrected chi connectivity index (χ1v) is 9.02. The fraction of sp³-hybridized carbons (Fsp3) is 0.105. The molecule has 5 nitrogen and oxygen atoms in total. The van der Waals surface area contributed by atoms with Gasteiger partial charge in [-0.2, -0.15) is 5.10 Å². The predicted molar refractivity (Wildman–Crippen MR) is 98.7 cm³/mol. The molecule has 122 valence electrons. The van der Waals surface area contributed by atoms with Crippen molar-refractivity contribution in [3.63, 3.8) is 0 Å². The fourth-order valence-corrected chi connectivity index (χ4v) is 4.30. The van der Waals surface area contributed by atoms with Crippen LogP contribution in [0.3, 0.4) is 0 Å². The number of hydrogen-bond donors (Lipinski definition) is 2. The molecular formula is C19H13N3O2S. The zero-order valence-electron chi connectivity index (χ0n) is 13.1. The van der Waals surface area contributed by atoms with Crippen LogP contribution in [0.5, 0.6) is 0 Å². The fourth-order valence-electron chi connectivity index (χ4n) is 3.43. The Bertz CT molecular complexity index is 1100. The second-order valence-electron chi connectivity index (χ2n) is 6.02. The van der Waals surface area contributed by atoms with Crippen molar-refractivity contribution in [3.8, 4) is 11.3 Å². The Morgan fingerprint density at radius 3 is 2.80 bits per heavy atom. The van der Waals surface area contributed by atoms with Crippen molar-refractivity contribution in [1.29, 1.82) is 0 Å². The number of nitrogens with one attached hydrogen (secondary N) is 2. The molecule has 2 aromatic carbocycles. The third-order valence-corrected chi connectivity index (χ3v) is 5.66. The Morgan fingerprint density at radius 2 is 2.00 bits per heavy atom. The van der Waals surface area contributed by atoms with Gasteiger partial charge in [-0.05, 0) is 18.6 Å². The number of allylic oxidation sites excluding steroid dienone is 1. The minimum atomic E-state index is -0.158. The van der Waals surface area contributed by atoms with Crippen molar-refractivity contribution in [2.45, 2.75) is 6.42 Å². The number of carbonyl (C=O) groups is 2. The van der Waals surface area contributed by atoms with Crippen LogP contribution in [0.15, 0.2) is 47.4 Å². The van der Waals surface area contributed by atoms with E-state index >= 15 is 0 Å². The lowest BCUT2D eigenvalue weighted by molar-refractivity contribution is -0.112. The number of H-pyrrole nitrogens is 1. The van der Waals surface area contributed by atoms with Crippen molar-refractivity contribution in [1.82, 2.24) is 10.2 Å². The molecule has 1 aliphatic carbocycles. The number of fused-ring (bicyclic) bond motifs is 2. The van der Waals surface area contributed by atoms with Crippen molar-refractivity contribution in [2.24, 2.45) is 0 Å². The minimum absolute atomic E-state index is 0.0848. The summed E-state index contributed by atoms with van der Waals surface area (Å²) < 4.78 is 0. The summed E-state index contributed by atoms with van der Waals surface area (Å²) in [6, 6.07) is 11.1. The third kappa shape index (κ3) is 2.07. The van der Waals surface area contributed by atoms with Crippen molar-refractivity contribution < 1.29 is 9.59 Å². The highest BCUT2D eigenvalue weighted by Crippen LogP contribution is 2.41. The maximum Gasteiger partial charge on any atom is 0.261 e. The van der Waals surface area contributed by atoms with Crippen LogP contribution >= 0.6 is 11.8 Å². The first-order chi connectivity index (χ1) is 12.2. The summed E-state index contributed by atoms with van der Waals surface area (Å²) in [5.74, 6) is 0.681. The van der Waals surface area contributed by atoms with Crippen molar-refractivity contribution >= 4 is 40.0 Å². The molecule has 2 aliphatic rings. The Morgan fingerprint density at radius 1 is 1.16 bits per heavy atom. The van der Waals surface area contributed by atoms with E-state index < -0.39 is 0 Å². The monoisotopic (exact) mass is 347 g/mol.